The molecule has 0 radical (unpaired) electrons. The van der Waals surface area contributed by atoms with Gasteiger partial charge in [0.25, 0.3) is 0 Å². The summed E-state index contributed by atoms with van der Waals surface area (Å²) in [4.78, 5) is 23.5. The lowest BCUT2D eigenvalue weighted by molar-refractivity contribution is -0.135. The first-order chi connectivity index (χ1) is 12.7. The van der Waals surface area contributed by atoms with Crippen molar-refractivity contribution >= 4 is 35.8 Å². The Labute approximate surface area is 179 Å². The fraction of sp³-hybridized carbons (Fsp3) is 0.650. The highest BCUT2D eigenvalue weighted by molar-refractivity contribution is 14.0. The van der Waals surface area contributed by atoms with Gasteiger partial charge in [0.1, 0.15) is 0 Å². The predicted octanol–water partition coefficient (Wildman–Crippen LogP) is 2.85. The number of hydrogen-bond acceptors (Lipinski definition) is 3. The van der Waals surface area contributed by atoms with Crippen LogP contribution in [-0.2, 0) is 11.3 Å². The highest BCUT2D eigenvalue weighted by atomic mass is 127. The third kappa shape index (κ3) is 6.33. The number of rotatable bonds is 4. The fourth-order valence-electron chi connectivity index (χ4n) is 3.95. The highest BCUT2D eigenvalue weighted by Gasteiger charge is 2.31. The van der Waals surface area contributed by atoms with Gasteiger partial charge in [-0.2, -0.15) is 0 Å². The molecule has 6 nitrogen and oxygen atoms in total. The number of likely N-dealkylation sites (tertiary alicyclic amines) is 1. The van der Waals surface area contributed by atoms with Crippen molar-refractivity contribution in [2.24, 2.45) is 10.9 Å². The molecule has 27 heavy (non-hydrogen) atoms. The van der Waals surface area contributed by atoms with E-state index in [0.717, 1.165) is 49.7 Å². The molecule has 1 atom stereocenters. The number of nitrogens with zero attached hydrogens (tertiary/aromatic N) is 3. The van der Waals surface area contributed by atoms with E-state index < -0.39 is 0 Å². The topological polar surface area (TPSA) is 69.6 Å². The summed E-state index contributed by atoms with van der Waals surface area (Å²) in [6.45, 7) is 4.26. The summed E-state index contributed by atoms with van der Waals surface area (Å²) in [5.74, 6) is 1.39. The van der Waals surface area contributed by atoms with Gasteiger partial charge in [-0.15, -0.1) is 24.0 Å². The summed E-state index contributed by atoms with van der Waals surface area (Å²) in [7, 11) is 1.78. The largest absolute Gasteiger partial charge is 0.352 e. The number of aromatic nitrogens is 1. The third-order valence-electron chi connectivity index (χ3n) is 5.40. The summed E-state index contributed by atoms with van der Waals surface area (Å²) in [5.41, 5.74) is 2.01. The molecule has 1 aliphatic heterocycles. The zero-order chi connectivity index (χ0) is 18.4. The molecule has 1 aromatic heterocycles. The summed E-state index contributed by atoms with van der Waals surface area (Å²) in [5, 5.41) is 6.78. The lowest BCUT2D eigenvalue weighted by Crippen LogP contribution is -2.45. The molecule has 1 unspecified atom stereocenters. The van der Waals surface area contributed by atoms with Crippen LogP contribution in [0.3, 0.4) is 0 Å². The molecule has 1 aliphatic carbocycles. The smallest absolute Gasteiger partial charge is 0.225 e. The van der Waals surface area contributed by atoms with Gasteiger partial charge in [-0.1, -0.05) is 25.3 Å². The van der Waals surface area contributed by atoms with Gasteiger partial charge in [0.05, 0.1) is 12.2 Å². The van der Waals surface area contributed by atoms with E-state index in [1.807, 2.05) is 30.0 Å². The second kappa shape index (κ2) is 10.8. The standard InChI is InChI=1S/C20H31N5O.HI/c1-15-7-6-10-17(23-15)13-22-20(21-2)24-18-11-12-25(14-18)19(26)16-8-4-3-5-9-16;/h6-7,10,16,18H,3-5,8-9,11-14H2,1-2H3,(H2,21,22,24);1H. The Morgan fingerprint density at radius 2 is 2.04 bits per heavy atom. The average molecular weight is 485 g/mol. The zero-order valence-electron chi connectivity index (χ0n) is 16.4. The predicted molar refractivity (Wildman–Crippen MR) is 119 cm³/mol. The van der Waals surface area contributed by atoms with Gasteiger partial charge in [-0.05, 0) is 38.3 Å². The monoisotopic (exact) mass is 485 g/mol. The minimum atomic E-state index is 0. The van der Waals surface area contributed by atoms with Crippen LogP contribution in [0, 0.1) is 12.8 Å². The molecule has 150 valence electrons. The van der Waals surface area contributed by atoms with Crippen LogP contribution in [0.4, 0.5) is 0 Å². The fourth-order valence-corrected chi connectivity index (χ4v) is 3.95. The van der Waals surface area contributed by atoms with Crippen molar-refractivity contribution in [3.05, 3.63) is 29.6 Å². The van der Waals surface area contributed by atoms with Crippen LogP contribution in [0.5, 0.6) is 0 Å². The lowest BCUT2D eigenvalue weighted by atomic mass is 9.88. The molecule has 1 saturated heterocycles. The Hall–Kier alpha value is -1.38. The highest BCUT2D eigenvalue weighted by Crippen LogP contribution is 2.26. The van der Waals surface area contributed by atoms with Crippen LogP contribution < -0.4 is 10.6 Å². The number of nitrogens with one attached hydrogen (secondary N) is 2. The lowest BCUT2D eigenvalue weighted by Gasteiger charge is -2.26. The number of guanidine groups is 1. The van der Waals surface area contributed by atoms with Crippen molar-refractivity contribution in [3.63, 3.8) is 0 Å². The van der Waals surface area contributed by atoms with Gasteiger partial charge in [0.15, 0.2) is 5.96 Å². The normalized spacial score (nSPS) is 20.9. The summed E-state index contributed by atoms with van der Waals surface area (Å²) < 4.78 is 0. The minimum Gasteiger partial charge on any atom is -0.352 e. The quantitative estimate of drug-likeness (QED) is 0.391. The van der Waals surface area contributed by atoms with Gasteiger partial charge < -0.3 is 15.5 Å². The molecule has 1 aromatic rings. The minimum absolute atomic E-state index is 0. The van der Waals surface area contributed by atoms with E-state index in [4.69, 9.17) is 0 Å². The molecule has 7 heteroatoms. The van der Waals surface area contributed by atoms with E-state index in [-0.39, 0.29) is 35.9 Å². The maximum absolute atomic E-state index is 12.7. The molecule has 0 aromatic carbocycles. The van der Waals surface area contributed by atoms with E-state index >= 15 is 0 Å². The number of aliphatic imine (C=N–C) groups is 1. The van der Waals surface area contributed by atoms with E-state index in [1.165, 1.54) is 19.3 Å². The Morgan fingerprint density at radius 3 is 2.74 bits per heavy atom. The zero-order valence-corrected chi connectivity index (χ0v) is 18.7. The van der Waals surface area contributed by atoms with Crippen LogP contribution in [0.2, 0.25) is 0 Å². The molecular formula is C20H32IN5O. The van der Waals surface area contributed by atoms with Crippen molar-refractivity contribution < 1.29 is 4.79 Å². The van der Waals surface area contributed by atoms with Crippen molar-refractivity contribution in [2.75, 3.05) is 20.1 Å². The number of pyridine rings is 1. The summed E-state index contributed by atoms with van der Waals surface area (Å²) >= 11 is 0. The Kier molecular flexibility index (Phi) is 8.79. The van der Waals surface area contributed by atoms with Gasteiger partial charge in [-0.3, -0.25) is 14.8 Å². The number of amides is 1. The van der Waals surface area contributed by atoms with Crippen LogP contribution in [-0.4, -0.2) is 47.9 Å². The van der Waals surface area contributed by atoms with Crippen LogP contribution >= 0.6 is 24.0 Å². The van der Waals surface area contributed by atoms with Crippen LogP contribution in [0.25, 0.3) is 0 Å². The van der Waals surface area contributed by atoms with Crippen LogP contribution in [0.1, 0.15) is 49.9 Å². The molecule has 3 rings (SSSR count). The molecule has 2 N–H and O–H groups in total. The first kappa shape index (κ1) is 21.9. The second-order valence-electron chi connectivity index (χ2n) is 7.45. The molecule has 2 aliphatic rings. The number of carbonyl (C=O) groups is 1. The maximum Gasteiger partial charge on any atom is 0.225 e. The van der Waals surface area contributed by atoms with E-state index in [1.54, 1.807) is 7.05 Å². The number of hydrogen-bond donors (Lipinski definition) is 2. The van der Waals surface area contributed by atoms with Crippen molar-refractivity contribution in [3.8, 4) is 0 Å². The Morgan fingerprint density at radius 1 is 1.26 bits per heavy atom. The Balaban J connectivity index is 0.00000261. The number of halogens is 1. The first-order valence-corrected chi connectivity index (χ1v) is 9.84. The molecule has 0 spiro atoms. The van der Waals surface area contributed by atoms with E-state index in [9.17, 15) is 4.79 Å². The average Bonchev–Trinajstić information content (AvgIpc) is 3.14. The maximum atomic E-state index is 12.7. The van der Waals surface area contributed by atoms with Crippen LogP contribution in [0.15, 0.2) is 23.2 Å². The summed E-state index contributed by atoms with van der Waals surface area (Å²) in [6.07, 6.45) is 6.80. The Bertz CT molecular complexity index is 645. The molecule has 1 saturated carbocycles. The van der Waals surface area contributed by atoms with Crippen molar-refractivity contribution in [1.82, 2.24) is 20.5 Å². The van der Waals surface area contributed by atoms with E-state index in [2.05, 4.69) is 20.6 Å². The SMILES string of the molecule is CN=C(NCc1cccc(C)n1)NC1CCN(C(=O)C2CCCCC2)C1.I. The molecule has 2 heterocycles. The number of aryl methyl sites for hydroxylation is 1. The van der Waals surface area contributed by atoms with Gasteiger partial charge in [0, 0.05) is 37.8 Å². The van der Waals surface area contributed by atoms with Crippen molar-refractivity contribution in [1.29, 1.82) is 0 Å². The van der Waals surface area contributed by atoms with Gasteiger partial charge in [-0.25, -0.2) is 0 Å². The van der Waals surface area contributed by atoms with E-state index in [0.29, 0.717) is 12.5 Å². The van der Waals surface area contributed by atoms with Gasteiger partial charge in [0.2, 0.25) is 5.91 Å². The molecular weight excluding hydrogens is 453 g/mol. The molecule has 0 bridgehead atoms. The van der Waals surface area contributed by atoms with Crippen molar-refractivity contribution in [2.45, 2.75) is 58.0 Å². The molecule has 1 amide bonds. The third-order valence-corrected chi connectivity index (χ3v) is 5.40. The number of carbonyl (C=O) groups excluding carboxylic acids is 1. The second-order valence-corrected chi connectivity index (χ2v) is 7.45. The summed E-state index contributed by atoms with van der Waals surface area (Å²) in [6, 6.07) is 6.28. The van der Waals surface area contributed by atoms with Gasteiger partial charge >= 0.3 is 0 Å². The first-order valence-electron chi connectivity index (χ1n) is 9.84. The molecule has 2 fully saturated rings.